The molecule has 0 saturated carbocycles. The van der Waals surface area contributed by atoms with E-state index < -0.39 is 0 Å². The highest BCUT2D eigenvalue weighted by molar-refractivity contribution is 6.30. The van der Waals surface area contributed by atoms with Crippen LogP contribution in [0, 0.1) is 0 Å². The maximum Gasteiger partial charge on any atom is 0.253 e. The second-order valence-electron chi connectivity index (χ2n) is 6.69. The summed E-state index contributed by atoms with van der Waals surface area (Å²) in [6, 6.07) is 7.65. The van der Waals surface area contributed by atoms with Gasteiger partial charge >= 0.3 is 0 Å². The van der Waals surface area contributed by atoms with Gasteiger partial charge in [0.15, 0.2) is 0 Å². The van der Waals surface area contributed by atoms with E-state index in [4.69, 9.17) is 11.6 Å². The molecule has 0 aromatic heterocycles. The van der Waals surface area contributed by atoms with E-state index in [0.29, 0.717) is 11.1 Å². The van der Waals surface area contributed by atoms with Gasteiger partial charge in [-0.05, 0) is 77.8 Å². The Kier molecular flexibility index (Phi) is 6.88. The summed E-state index contributed by atoms with van der Waals surface area (Å²) in [5.41, 5.74) is 0.727. The first-order valence-electron chi connectivity index (χ1n) is 8.37. The molecule has 128 valence electrons. The normalized spacial score (nSPS) is 18.7. The van der Waals surface area contributed by atoms with Gasteiger partial charge < -0.3 is 14.7 Å². The summed E-state index contributed by atoms with van der Waals surface area (Å²) >= 11 is 5.90. The Labute approximate surface area is 145 Å². The molecule has 1 heterocycles. The number of rotatable bonds is 6. The van der Waals surface area contributed by atoms with Gasteiger partial charge in [0.1, 0.15) is 0 Å². The van der Waals surface area contributed by atoms with Crippen LogP contribution in [0.25, 0.3) is 0 Å². The Morgan fingerprint density at radius 1 is 1.22 bits per heavy atom. The van der Waals surface area contributed by atoms with Crippen molar-refractivity contribution in [1.29, 1.82) is 0 Å². The Morgan fingerprint density at radius 3 is 2.57 bits per heavy atom. The van der Waals surface area contributed by atoms with Crippen molar-refractivity contribution in [2.45, 2.75) is 25.3 Å². The van der Waals surface area contributed by atoms with Crippen molar-refractivity contribution in [3.63, 3.8) is 0 Å². The first-order chi connectivity index (χ1) is 11.0. The van der Waals surface area contributed by atoms with Crippen LogP contribution in [0.2, 0.25) is 5.02 Å². The monoisotopic (exact) mass is 337 g/mol. The predicted molar refractivity (Wildman–Crippen MR) is 96.2 cm³/mol. The summed E-state index contributed by atoms with van der Waals surface area (Å²) in [7, 11) is 6.39. The number of benzene rings is 1. The largest absolute Gasteiger partial charge is 0.337 e. The van der Waals surface area contributed by atoms with Crippen LogP contribution >= 0.6 is 11.6 Å². The summed E-state index contributed by atoms with van der Waals surface area (Å²) in [4.78, 5) is 19.2. The zero-order chi connectivity index (χ0) is 16.8. The number of likely N-dealkylation sites (tertiary alicyclic amines) is 1. The average molecular weight is 338 g/mol. The lowest BCUT2D eigenvalue weighted by Crippen LogP contribution is -2.49. The van der Waals surface area contributed by atoms with Crippen molar-refractivity contribution in [3.05, 3.63) is 34.9 Å². The van der Waals surface area contributed by atoms with Gasteiger partial charge in [-0.1, -0.05) is 11.6 Å². The molecule has 0 spiro atoms. The smallest absolute Gasteiger partial charge is 0.253 e. The number of hydrogen-bond acceptors (Lipinski definition) is 3. The molecule has 1 aliphatic rings. The van der Waals surface area contributed by atoms with Crippen LogP contribution in [0.5, 0.6) is 0 Å². The van der Waals surface area contributed by atoms with Crippen LogP contribution in [0.3, 0.4) is 0 Å². The molecule has 0 radical (unpaired) electrons. The van der Waals surface area contributed by atoms with Gasteiger partial charge in [0.25, 0.3) is 5.91 Å². The molecule has 4 nitrogen and oxygen atoms in total. The molecule has 1 aliphatic heterocycles. The van der Waals surface area contributed by atoms with Crippen molar-refractivity contribution in [1.82, 2.24) is 14.7 Å². The number of piperidine rings is 1. The lowest BCUT2D eigenvalue weighted by Gasteiger charge is -2.38. The second-order valence-corrected chi connectivity index (χ2v) is 7.13. The molecule has 0 N–H and O–H groups in total. The van der Waals surface area contributed by atoms with Gasteiger partial charge in [-0.25, -0.2) is 0 Å². The SMILES string of the molecule is CN(C)CCCN(C)[C@H]1CCCN(C(=O)c2ccc(Cl)cc2)C1. The van der Waals surface area contributed by atoms with E-state index >= 15 is 0 Å². The predicted octanol–water partition coefficient (Wildman–Crippen LogP) is 2.83. The lowest BCUT2D eigenvalue weighted by atomic mass is 10.0. The molecule has 1 aromatic carbocycles. The van der Waals surface area contributed by atoms with E-state index in [2.05, 4.69) is 30.9 Å². The van der Waals surface area contributed by atoms with Crippen molar-refractivity contribution in [2.75, 3.05) is 47.3 Å². The fraction of sp³-hybridized carbons (Fsp3) is 0.611. The molecule has 1 saturated heterocycles. The Balaban J connectivity index is 1.89. The summed E-state index contributed by atoms with van der Waals surface area (Å²) in [6.45, 7) is 3.85. The summed E-state index contributed by atoms with van der Waals surface area (Å²) in [6.07, 6.45) is 3.40. The van der Waals surface area contributed by atoms with E-state index in [1.54, 1.807) is 12.1 Å². The number of carbonyl (C=O) groups is 1. The van der Waals surface area contributed by atoms with E-state index in [1.165, 1.54) is 6.42 Å². The van der Waals surface area contributed by atoms with Crippen LogP contribution in [0.15, 0.2) is 24.3 Å². The summed E-state index contributed by atoms with van der Waals surface area (Å²) < 4.78 is 0. The molecule has 2 rings (SSSR count). The standard InChI is InChI=1S/C18H28ClN3O/c1-20(2)11-5-12-21(3)17-6-4-13-22(14-17)18(23)15-7-9-16(19)10-8-15/h7-10,17H,4-6,11-14H2,1-3H3/t17-/m0/s1. The third-order valence-corrected chi connectivity index (χ3v) is 4.77. The fourth-order valence-corrected chi connectivity index (χ4v) is 3.22. The Bertz CT molecular complexity index is 503. The van der Waals surface area contributed by atoms with Gasteiger partial charge in [0.2, 0.25) is 0 Å². The van der Waals surface area contributed by atoms with Gasteiger partial charge in [-0.3, -0.25) is 4.79 Å². The molecule has 0 aliphatic carbocycles. The van der Waals surface area contributed by atoms with Crippen LogP contribution in [0.4, 0.5) is 0 Å². The van der Waals surface area contributed by atoms with Gasteiger partial charge in [-0.2, -0.15) is 0 Å². The van der Waals surface area contributed by atoms with E-state index in [0.717, 1.165) is 44.6 Å². The van der Waals surface area contributed by atoms with Gasteiger partial charge in [-0.15, -0.1) is 0 Å². The van der Waals surface area contributed by atoms with Crippen molar-refractivity contribution in [2.24, 2.45) is 0 Å². The lowest BCUT2D eigenvalue weighted by molar-refractivity contribution is 0.0607. The van der Waals surface area contributed by atoms with Gasteiger partial charge in [0.05, 0.1) is 0 Å². The van der Waals surface area contributed by atoms with E-state index in [1.807, 2.05) is 17.0 Å². The first kappa shape index (κ1) is 18.2. The number of hydrogen-bond donors (Lipinski definition) is 0. The highest BCUT2D eigenvalue weighted by atomic mass is 35.5. The topological polar surface area (TPSA) is 26.8 Å². The van der Waals surface area contributed by atoms with Crippen molar-refractivity contribution in [3.8, 4) is 0 Å². The van der Waals surface area contributed by atoms with Crippen molar-refractivity contribution < 1.29 is 4.79 Å². The molecule has 5 heteroatoms. The Hall–Kier alpha value is -1.10. The van der Waals surface area contributed by atoms with Crippen LogP contribution < -0.4 is 0 Å². The van der Waals surface area contributed by atoms with Crippen LogP contribution in [0.1, 0.15) is 29.6 Å². The second kappa shape index (κ2) is 8.67. The van der Waals surface area contributed by atoms with E-state index in [9.17, 15) is 4.79 Å². The quantitative estimate of drug-likeness (QED) is 0.798. The average Bonchev–Trinajstić information content (AvgIpc) is 2.54. The minimum Gasteiger partial charge on any atom is -0.337 e. The minimum absolute atomic E-state index is 0.119. The third-order valence-electron chi connectivity index (χ3n) is 4.51. The molecule has 1 aromatic rings. The van der Waals surface area contributed by atoms with Crippen LogP contribution in [-0.4, -0.2) is 74.0 Å². The van der Waals surface area contributed by atoms with Crippen molar-refractivity contribution >= 4 is 17.5 Å². The van der Waals surface area contributed by atoms with E-state index in [-0.39, 0.29) is 5.91 Å². The molecule has 1 fully saturated rings. The molecule has 0 unspecified atom stereocenters. The highest BCUT2D eigenvalue weighted by Gasteiger charge is 2.26. The number of amides is 1. The molecule has 1 atom stereocenters. The zero-order valence-corrected chi connectivity index (χ0v) is 15.2. The molecule has 23 heavy (non-hydrogen) atoms. The Morgan fingerprint density at radius 2 is 1.91 bits per heavy atom. The summed E-state index contributed by atoms with van der Waals surface area (Å²) in [5.74, 6) is 0.119. The van der Waals surface area contributed by atoms with Crippen LogP contribution in [-0.2, 0) is 0 Å². The molecular weight excluding hydrogens is 310 g/mol. The number of likely N-dealkylation sites (N-methyl/N-ethyl adjacent to an activating group) is 1. The molecular formula is C18H28ClN3O. The number of nitrogens with zero attached hydrogens (tertiary/aromatic N) is 3. The maximum absolute atomic E-state index is 12.6. The number of carbonyl (C=O) groups excluding carboxylic acids is 1. The zero-order valence-electron chi connectivity index (χ0n) is 14.5. The number of halogens is 1. The van der Waals surface area contributed by atoms with Gasteiger partial charge in [0, 0.05) is 29.7 Å². The third kappa shape index (κ3) is 5.48. The highest BCUT2D eigenvalue weighted by Crippen LogP contribution is 2.18. The first-order valence-corrected chi connectivity index (χ1v) is 8.75. The minimum atomic E-state index is 0.119. The molecule has 1 amide bonds. The maximum atomic E-state index is 12.6. The fourth-order valence-electron chi connectivity index (χ4n) is 3.09. The molecule has 0 bridgehead atoms. The summed E-state index contributed by atoms with van der Waals surface area (Å²) in [5, 5.41) is 0.665.